The Balaban J connectivity index is 1.95. The van der Waals surface area contributed by atoms with E-state index in [1.807, 2.05) is 24.3 Å². The Kier molecular flexibility index (Phi) is 4.50. The van der Waals surface area contributed by atoms with E-state index in [1.54, 1.807) is 6.21 Å². The van der Waals surface area contributed by atoms with Gasteiger partial charge in [0.1, 0.15) is 5.75 Å². The molecule has 2 N–H and O–H groups in total. The highest BCUT2D eigenvalue weighted by molar-refractivity contribution is 5.94. The number of hydrogen-bond donors (Lipinski definition) is 2. The Labute approximate surface area is 117 Å². The molecule has 0 bridgehead atoms. The summed E-state index contributed by atoms with van der Waals surface area (Å²) in [5, 5.41) is 13.1. The Morgan fingerprint density at radius 2 is 1.80 bits per heavy atom. The van der Waals surface area contributed by atoms with Crippen LogP contribution in [0.25, 0.3) is 0 Å². The molecule has 0 saturated carbocycles. The molecule has 0 aliphatic carbocycles. The number of aromatic hydroxyl groups is 1. The van der Waals surface area contributed by atoms with E-state index in [-0.39, 0.29) is 11.7 Å². The van der Waals surface area contributed by atoms with Crippen LogP contribution in [-0.2, 0) is 6.42 Å². The summed E-state index contributed by atoms with van der Waals surface area (Å²) in [5.41, 5.74) is 5.07. The van der Waals surface area contributed by atoms with Crippen LogP contribution in [0.2, 0.25) is 0 Å². The van der Waals surface area contributed by atoms with Crippen molar-refractivity contribution in [2.75, 3.05) is 0 Å². The van der Waals surface area contributed by atoms with E-state index in [4.69, 9.17) is 5.11 Å². The first kappa shape index (κ1) is 13.8. The minimum atomic E-state index is -0.313. The van der Waals surface area contributed by atoms with Crippen LogP contribution in [0.4, 0.5) is 0 Å². The molecule has 0 aromatic heterocycles. The lowest BCUT2D eigenvalue weighted by Crippen LogP contribution is -2.17. The summed E-state index contributed by atoms with van der Waals surface area (Å²) in [6.07, 6.45) is 2.59. The number of aryl methyl sites for hydroxylation is 1. The summed E-state index contributed by atoms with van der Waals surface area (Å²) in [6.45, 7) is 2.10. The smallest absolute Gasteiger partial charge is 0.271 e. The molecule has 0 fully saturated rings. The van der Waals surface area contributed by atoms with Crippen molar-refractivity contribution >= 4 is 12.1 Å². The maximum Gasteiger partial charge on any atom is 0.271 e. The first-order valence-corrected chi connectivity index (χ1v) is 6.40. The van der Waals surface area contributed by atoms with E-state index >= 15 is 0 Å². The van der Waals surface area contributed by atoms with Crippen molar-refractivity contribution < 1.29 is 9.90 Å². The Morgan fingerprint density at radius 1 is 1.15 bits per heavy atom. The van der Waals surface area contributed by atoms with Gasteiger partial charge < -0.3 is 5.11 Å². The molecule has 0 unspecified atom stereocenters. The van der Waals surface area contributed by atoms with Crippen LogP contribution in [0.5, 0.6) is 5.75 Å². The molecule has 0 atom stereocenters. The monoisotopic (exact) mass is 268 g/mol. The summed E-state index contributed by atoms with van der Waals surface area (Å²) >= 11 is 0. The van der Waals surface area contributed by atoms with Gasteiger partial charge in [0, 0.05) is 5.56 Å². The van der Waals surface area contributed by atoms with Gasteiger partial charge in [-0.05, 0) is 41.8 Å². The number of phenolic OH excluding ortho intramolecular Hbond substituents is 1. The van der Waals surface area contributed by atoms with Crippen molar-refractivity contribution in [3.63, 3.8) is 0 Å². The van der Waals surface area contributed by atoms with Crippen LogP contribution < -0.4 is 5.43 Å². The van der Waals surface area contributed by atoms with Crippen LogP contribution >= 0.6 is 0 Å². The van der Waals surface area contributed by atoms with Crippen LogP contribution in [-0.4, -0.2) is 17.2 Å². The summed E-state index contributed by atoms with van der Waals surface area (Å²) < 4.78 is 0. The first-order valence-electron chi connectivity index (χ1n) is 6.40. The number of nitrogens with one attached hydrogen (secondary N) is 1. The molecular formula is C16H16N2O2. The highest BCUT2D eigenvalue weighted by atomic mass is 16.3. The lowest BCUT2D eigenvalue weighted by molar-refractivity contribution is 0.0955. The third kappa shape index (κ3) is 3.68. The topological polar surface area (TPSA) is 61.7 Å². The fraction of sp³-hybridized carbons (Fsp3) is 0.125. The minimum Gasteiger partial charge on any atom is -0.508 e. The van der Waals surface area contributed by atoms with Gasteiger partial charge in [0.2, 0.25) is 0 Å². The van der Waals surface area contributed by atoms with Gasteiger partial charge >= 0.3 is 0 Å². The van der Waals surface area contributed by atoms with Crippen LogP contribution in [0.3, 0.4) is 0 Å². The van der Waals surface area contributed by atoms with Crippen LogP contribution in [0.15, 0.2) is 53.6 Å². The van der Waals surface area contributed by atoms with Crippen molar-refractivity contribution in [3.8, 4) is 5.75 Å². The second kappa shape index (κ2) is 6.52. The fourth-order valence-electron chi connectivity index (χ4n) is 1.68. The molecule has 2 aromatic rings. The van der Waals surface area contributed by atoms with Gasteiger partial charge in [-0.1, -0.05) is 31.2 Å². The molecule has 1 amide bonds. The molecule has 2 aromatic carbocycles. The molecular weight excluding hydrogens is 252 g/mol. The van der Waals surface area contributed by atoms with Gasteiger partial charge in [0.15, 0.2) is 0 Å². The highest BCUT2D eigenvalue weighted by Crippen LogP contribution is 2.09. The SMILES string of the molecule is CCc1ccc(/C=N/NC(=O)c2ccc(O)cc2)cc1. The standard InChI is InChI=1S/C16H16N2O2/c1-2-12-3-5-13(6-4-12)11-17-18-16(20)14-7-9-15(19)10-8-14/h3-11,19H,2H2,1H3,(H,18,20)/b17-11+. The zero-order chi connectivity index (χ0) is 14.4. The second-order valence-electron chi connectivity index (χ2n) is 4.34. The van der Waals surface area contributed by atoms with Crippen molar-refractivity contribution in [2.24, 2.45) is 5.10 Å². The van der Waals surface area contributed by atoms with Gasteiger partial charge in [-0.2, -0.15) is 5.10 Å². The molecule has 0 radical (unpaired) electrons. The quantitative estimate of drug-likeness (QED) is 0.661. The predicted molar refractivity (Wildman–Crippen MR) is 79.0 cm³/mol. The molecule has 0 aliphatic rings. The zero-order valence-corrected chi connectivity index (χ0v) is 11.2. The number of carbonyl (C=O) groups excluding carboxylic acids is 1. The lowest BCUT2D eigenvalue weighted by Gasteiger charge is -2.00. The second-order valence-corrected chi connectivity index (χ2v) is 4.34. The van der Waals surface area contributed by atoms with E-state index in [0.717, 1.165) is 12.0 Å². The molecule has 0 spiro atoms. The summed E-state index contributed by atoms with van der Waals surface area (Å²) in [7, 11) is 0. The largest absolute Gasteiger partial charge is 0.508 e. The van der Waals surface area contributed by atoms with Gasteiger partial charge in [-0.25, -0.2) is 5.43 Å². The third-order valence-corrected chi connectivity index (χ3v) is 2.90. The van der Waals surface area contributed by atoms with E-state index in [1.165, 1.54) is 29.8 Å². The van der Waals surface area contributed by atoms with E-state index < -0.39 is 0 Å². The highest BCUT2D eigenvalue weighted by Gasteiger charge is 2.02. The van der Waals surface area contributed by atoms with Gasteiger partial charge in [-0.15, -0.1) is 0 Å². The summed E-state index contributed by atoms with van der Waals surface area (Å²) in [5.74, 6) is -0.188. The average Bonchev–Trinajstić information content (AvgIpc) is 2.48. The number of amides is 1. The van der Waals surface area contributed by atoms with Gasteiger partial charge in [0.25, 0.3) is 5.91 Å². The van der Waals surface area contributed by atoms with E-state index in [9.17, 15) is 4.79 Å². The Morgan fingerprint density at radius 3 is 2.40 bits per heavy atom. The number of phenols is 1. The lowest BCUT2D eigenvalue weighted by atomic mass is 10.1. The minimum absolute atomic E-state index is 0.126. The third-order valence-electron chi connectivity index (χ3n) is 2.90. The molecule has 4 heteroatoms. The molecule has 0 aliphatic heterocycles. The molecule has 2 rings (SSSR count). The zero-order valence-electron chi connectivity index (χ0n) is 11.2. The van der Waals surface area contributed by atoms with Crippen LogP contribution in [0, 0.1) is 0 Å². The number of hydrogen-bond acceptors (Lipinski definition) is 3. The summed E-state index contributed by atoms with van der Waals surface area (Å²) in [6, 6.07) is 14.0. The van der Waals surface area contributed by atoms with E-state index in [2.05, 4.69) is 17.5 Å². The number of benzene rings is 2. The van der Waals surface area contributed by atoms with Crippen molar-refractivity contribution in [1.82, 2.24) is 5.43 Å². The first-order chi connectivity index (χ1) is 9.69. The fourth-order valence-corrected chi connectivity index (χ4v) is 1.68. The molecule has 0 heterocycles. The normalized spacial score (nSPS) is 10.7. The predicted octanol–water partition coefficient (Wildman–Crippen LogP) is 2.72. The van der Waals surface area contributed by atoms with Crippen molar-refractivity contribution in [1.29, 1.82) is 0 Å². The Hall–Kier alpha value is -2.62. The molecule has 20 heavy (non-hydrogen) atoms. The molecule has 4 nitrogen and oxygen atoms in total. The maximum absolute atomic E-state index is 11.7. The van der Waals surface area contributed by atoms with Gasteiger partial charge in [0.05, 0.1) is 6.21 Å². The maximum atomic E-state index is 11.7. The van der Waals surface area contributed by atoms with E-state index in [0.29, 0.717) is 5.56 Å². The molecule has 102 valence electrons. The Bertz CT molecular complexity index is 601. The summed E-state index contributed by atoms with van der Waals surface area (Å²) in [4.78, 5) is 11.7. The number of rotatable bonds is 4. The van der Waals surface area contributed by atoms with Crippen molar-refractivity contribution in [3.05, 3.63) is 65.2 Å². The van der Waals surface area contributed by atoms with Crippen molar-refractivity contribution in [2.45, 2.75) is 13.3 Å². The molecule has 0 saturated heterocycles. The number of nitrogens with zero attached hydrogens (tertiary/aromatic N) is 1. The number of carbonyl (C=O) groups is 1. The average molecular weight is 268 g/mol. The van der Waals surface area contributed by atoms with Gasteiger partial charge in [-0.3, -0.25) is 4.79 Å². The number of hydrazone groups is 1. The van der Waals surface area contributed by atoms with Crippen LogP contribution in [0.1, 0.15) is 28.4 Å².